The molecule has 3 N–H and O–H groups in total. The minimum Gasteiger partial charge on any atom is -0.396 e. The summed E-state index contributed by atoms with van der Waals surface area (Å²) in [6, 6.07) is 1.13. The molecule has 1 atom stereocenters. The number of anilines is 1. The highest BCUT2D eigenvalue weighted by molar-refractivity contribution is 7.89. The first-order valence-electron chi connectivity index (χ1n) is 5.98. The molecule has 0 spiro atoms. The third-order valence-electron chi connectivity index (χ3n) is 3.43. The second kappa shape index (κ2) is 4.73. The van der Waals surface area contributed by atoms with Crippen molar-refractivity contribution >= 4 is 15.7 Å². The molecule has 0 amide bonds. The molecule has 1 aliphatic heterocycles. The molecule has 2 rings (SSSR count). The van der Waals surface area contributed by atoms with Gasteiger partial charge in [0.25, 0.3) is 0 Å². The minimum absolute atomic E-state index is 0.0421. The van der Waals surface area contributed by atoms with Gasteiger partial charge in [-0.15, -0.1) is 0 Å². The fraction of sp³-hybridized carbons (Fsp3) is 0.500. The van der Waals surface area contributed by atoms with Gasteiger partial charge in [-0.3, -0.25) is 0 Å². The third kappa shape index (κ3) is 2.33. The third-order valence-corrected chi connectivity index (χ3v) is 5.58. The molecule has 1 aromatic rings. The summed E-state index contributed by atoms with van der Waals surface area (Å²) in [6.07, 6.45) is -0.234. The predicted molar refractivity (Wildman–Crippen MR) is 69.7 cm³/mol. The zero-order chi connectivity index (χ0) is 14.4. The fourth-order valence-corrected chi connectivity index (χ4v) is 4.32. The monoisotopic (exact) mass is 288 g/mol. The largest absolute Gasteiger partial charge is 0.396 e. The van der Waals surface area contributed by atoms with Crippen molar-refractivity contribution in [2.45, 2.75) is 31.3 Å². The number of halogens is 1. The first kappa shape index (κ1) is 14.2. The maximum Gasteiger partial charge on any atom is 0.243 e. The van der Waals surface area contributed by atoms with Gasteiger partial charge < -0.3 is 10.8 Å². The van der Waals surface area contributed by atoms with Crippen molar-refractivity contribution in [2.24, 2.45) is 0 Å². The van der Waals surface area contributed by atoms with Crippen molar-refractivity contribution in [3.05, 3.63) is 23.0 Å². The normalized spacial score (nSPS) is 20.9. The topological polar surface area (TPSA) is 83.6 Å². The number of nitrogens with two attached hydrogens (primary N) is 1. The summed E-state index contributed by atoms with van der Waals surface area (Å²) in [7, 11) is -3.75. The summed E-state index contributed by atoms with van der Waals surface area (Å²) < 4.78 is 39.7. The molecule has 1 fully saturated rings. The van der Waals surface area contributed by atoms with Crippen LogP contribution in [0.2, 0.25) is 0 Å². The van der Waals surface area contributed by atoms with E-state index in [9.17, 15) is 17.9 Å². The molecule has 0 aromatic heterocycles. The van der Waals surface area contributed by atoms with Crippen LogP contribution in [0.5, 0.6) is 0 Å². The number of hydrogen-bond acceptors (Lipinski definition) is 4. The van der Waals surface area contributed by atoms with Crippen molar-refractivity contribution in [3.8, 4) is 0 Å². The van der Waals surface area contributed by atoms with E-state index in [1.165, 1.54) is 18.2 Å². The summed E-state index contributed by atoms with van der Waals surface area (Å²) in [5, 5.41) is 9.46. The lowest BCUT2D eigenvalue weighted by atomic mass is 10.1. The summed E-state index contributed by atoms with van der Waals surface area (Å²) in [5.74, 6) is -0.615. The molecule has 1 saturated heterocycles. The number of benzene rings is 1. The molecule has 1 aliphatic rings. The Hall–Kier alpha value is -1.18. The van der Waals surface area contributed by atoms with Crippen LogP contribution in [-0.4, -0.2) is 37.0 Å². The van der Waals surface area contributed by atoms with Crippen LogP contribution in [0.4, 0.5) is 10.1 Å². The van der Waals surface area contributed by atoms with E-state index in [0.29, 0.717) is 12.0 Å². The predicted octanol–water partition coefficient (Wildman–Crippen LogP) is 0.780. The van der Waals surface area contributed by atoms with E-state index in [0.717, 1.165) is 6.07 Å². The van der Waals surface area contributed by atoms with Crippen LogP contribution in [0.25, 0.3) is 0 Å². The fourth-order valence-electron chi connectivity index (χ4n) is 2.39. The number of hydrogen-bond donors (Lipinski definition) is 2. The van der Waals surface area contributed by atoms with Crippen molar-refractivity contribution in [3.63, 3.8) is 0 Å². The Morgan fingerprint density at radius 2 is 2.11 bits per heavy atom. The average molecular weight is 288 g/mol. The number of nitrogens with zero attached hydrogens (tertiary/aromatic N) is 1. The molecule has 0 aliphatic carbocycles. The van der Waals surface area contributed by atoms with Gasteiger partial charge in [-0.25, -0.2) is 12.8 Å². The molecular weight excluding hydrogens is 271 g/mol. The van der Waals surface area contributed by atoms with Gasteiger partial charge in [0.1, 0.15) is 5.82 Å². The molecule has 106 valence electrons. The second-order valence-electron chi connectivity index (χ2n) is 4.85. The molecule has 0 bridgehead atoms. The number of nitrogen functional groups attached to an aromatic ring is 1. The minimum atomic E-state index is -3.75. The first-order chi connectivity index (χ1) is 8.75. The van der Waals surface area contributed by atoms with Gasteiger partial charge >= 0.3 is 0 Å². The van der Waals surface area contributed by atoms with E-state index in [2.05, 4.69) is 0 Å². The number of aliphatic hydroxyl groups excluding tert-OH is 1. The quantitative estimate of drug-likeness (QED) is 0.788. The Morgan fingerprint density at radius 3 is 2.63 bits per heavy atom. The Kier molecular flexibility index (Phi) is 3.55. The van der Waals surface area contributed by atoms with Crippen molar-refractivity contribution in [1.29, 1.82) is 0 Å². The van der Waals surface area contributed by atoms with Crippen LogP contribution >= 0.6 is 0 Å². The van der Waals surface area contributed by atoms with Gasteiger partial charge in [0, 0.05) is 13.1 Å². The SMILES string of the molecule is Cc1cc(F)c(N)c(C)c1S(=O)(=O)N1CC[C@H](O)C1. The van der Waals surface area contributed by atoms with Crippen LogP contribution in [-0.2, 0) is 10.0 Å². The summed E-state index contributed by atoms with van der Waals surface area (Å²) >= 11 is 0. The number of aryl methyl sites for hydroxylation is 1. The van der Waals surface area contributed by atoms with Gasteiger partial charge in [-0.05, 0) is 37.5 Å². The molecule has 7 heteroatoms. The summed E-state index contributed by atoms with van der Waals surface area (Å²) in [6.45, 7) is 3.36. The number of rotatable bonds is 2. The lowest BCUT2D eigenvalue weighted by Gasteiger charge is -2.20. The van der Waals surface area contributed by atoms with E-state index in [1.807, 2.05) is 0 Å². The van der Waals surface area contributed by atoms with Gasteiger partial charge in [-0.1, -0.05) is 0 Å². The first-order valence-corrected chi connectivity index (χ1v) is 7.42. The summed E-state index contributed by atoms with van der Waals surface area (Å²) in [4.78, 5) is 0.0421. The zero-order valence-electron chi connectivity index (χ0n) is 10.9. The Morgan fingerprint density at radius 1 is 1.47 bits per heavy atom. The molecule has 1 aromatic carbocycles. The second-order valence-corrected chi connectivity index (χ2v) is 6.72. The molecule has 1 heterocycles. The maximum absolute atomic E-state index is 13.5. The van der Waals surface area contributed by atoms with Crippen molar-refractivity contribution in [2.75, 3.05) is 18.8 Å². The van der Waals surface area contributed by atoms with Gasteiger partial charge in [0.2, 0.25) is 10.0 Å². The van der Waals surface area contributed by atoms with Gasteiger partial charge in [0.15, 0.2) is 0 Å². The highest BCUT2D eigenvalue weighted by Crippen LogP contribution is 2.31. The van der Waals surface area contributed by atoms with Crippen molar-refractivity contribution in [1.82, 2.24) is 4.31 Å². The van der Waals surface area contributed by atoms with E-state index in [4.69, 9.17) is 5.73 Å². The van der Waals surface area contributed by atoms with Crippen LogP contribution in [0.3, 0.4) is 0 Å². The Balaban J connectivity index is 2.56. The highest BCUT2D eigenvalue weighted by Gasteiger charge is 2.34. The molecule has 19 heavy (non-hydrogen) atoms. The van der Waals surface area contributed by atoms with Crippen molar-refractivity contribution < 1.29 is 17.9 Å². The van der Waals surface area contributed by atoms with Crippen LogP contribution in [0, 0.1) is 19.7 Å². The summed E-state index contributed by atoms with van der Waals surface area (Å²) in [5.41, 5.74) is 5.96. The highest BCUT2D eigenvalue weighted by atomic mass is 32.2. The van der Waals surface area contributed by atoms with E-state index >= 15 is 0 Å². The number of β-amino-alcohol motifs (C(OH)–C–C–N with tert-alkyl or cyclic N) is 1. The van der Waals surface area contributed by atoms with E-state index < -0.39 is 21.9 Å². The Bertz CT molecular complexity index is 616. The Labute approximate surface area is 111 Å². The molecule has 5 nitrogen and oxygen atoms in total. The standard InChI is InChI=1S/C12H17FN2O3S/c1-7-5-10(13)11(14)8(2)12(7)19(17,18)15-4-3-9(16)6-15/h5,9,16H,3-4,6,14H2,1-2H3/t9-/m0/s1. The number of aliphatic hydroxyl groups is 1. The van der Waals surface area contributed by atoms with Crippen LogP contribution < -0.4 is 5.73 Å². The lowest BCUT2D eigenvalue weighted by Crippen LogP contribution is -2.31. The number of sulfonamides is 1. The zero-order valence-corrected chi connectivity index (χ0v) is 11.7. The van der Waals surface area contributed by atoms with Crippen LogP contribution in [0.1, 0.15) is 17.5 Å². The van der Waals surface area contributed by atoms with E-state index in [1.54, 1.807) is 0 Å². The maximum atomic E-state index is 13.5. The van der Waals surface area contributed by atoms with E-state index in [-0.39, 0.29) is 29.2 Å². The van der Waals surface area contributed by atoms with Gasteiger partial charge in [-0.2, -0.15) is 4.31 Å². The lowest BCUT2D eigenvalue weighted by molar-refractivity contribution is 0.189. The smallest absolute Gasteiger partial charge is 0.243 e. The molecule has 0 saturated carbocycles. The molecule has 0 unspecified atom stereocenters. The molecule has 0 radical (unpaired) electrons. The molecular formula is C12H17FN2O3S. The van der Waals surface area contributed by atoms with Crippen LogP contribution in [0.15, 0.2) is 11.0 Å². The van der Waals surface area contributed by atoms with Gasteiger partial charge in [0.05, 0.1) is 16.7 Å². The average Bonchev–Trinajstić information content (AvgIpc) is 2.73.